The number of methoxy groups -OCH3 is 1. The third-order valence-corrected chi connectivity index (χ3v) is 5.66. The molecule has 166 valence electrons. The number of carbonyl (C=O) groups excluding carboxylic acids is 2. The minimum atomic E-state index is -0.219. The fraction of sp³-hybridized carbons (Fsp3) is 0.280. The van der Waals surface area contributed by atoms with Gasteiger partial charge in [0.2, 0.25) is 5.91 Å². The quantitative estimate of drug-likeness (QED) is 0.701. The Morgan fingerprint density at radius 1 is 1.00 bits per heavy atom. The maximum atomic E-state index is 13.3. The van der Waals surface area contributed by atoms with Crippen LogP contribution in [0.25, 0.3) is 0 Å². The van der Waals surface area contributed by atoms with Gasteiger partial charge in [-0.05, 0) is 48.6 Å². The van der Waals surface area contributed by atoms with Crippen LogP contribution in [0.1, 0.15) is 10.4 Å². The standard InChI is InChI=1S/C25H27N3O4/c1-31-23-9-7-20(8-10-23)25(30)28(22-5-3-2-4-6-22)19-24(29)27-15-13-26(14-16-27)21-11-17-32-18-12-21/h2-12,17H,13-16,18-19H2,1H3. The monoisotopic (exact) mass is 433 g/mol. The van der Waals surface area contributed by atoms with Crippen LogP contribution >= 0.6 is 0 Å². The van der Waals surface area contributed by atoms with Gasteiger partial charge in [0.1, 0.15) is 18.9 Å². The Morgan fingerprint density at radius 2 is 1.72 bits per heavy atom. The molecule has 2 aromatic carbocycles. The molecule has 2 aromatic rings. The van der Waals surface area contributed by atoms with Crippen molar-refractivity contribution in [3.63, 3.8) is 0 Å². The van der Waals surface area contributed by atoms with Gasteiger partial charge in [0.15, 0.2) is 0 Å². The summed E-state index contributed by atoms with van der Waals surface area (Å²) in [6.07, 6.45) is 5.70. The first-order valence-corrected chi connectivity index (χ1v) is 10.7. The highest BCUT2D eigenvalue weighted by Crippen LogP contribution is 2.20. The lowest BCUT2D eigenvalue weighted by Crippen LogP contribution is -2.51. The van der Waals surface area contributed by atoms with E-state index in [1.807, 2.05) is 47.4 Å². The Hall–Kier alpha value is -3.74. The van der Waals surface area contributed by atoms with Gasteiger partial charge in [-0.2, -0.15) is 0 Å². The lowest BCUT2D eigenvalue weighted by atomic mass is 10.1. The number of amides is 2. The first-order chi connectivity index (χ1) is 15.7. The maximum Gasteiger partial charge on any atom is 0.258 e. The highest BCUT2D eigenvalue weighted by atomic mass is 16.5. The molecule has 2 amide bonds. The Morgan fingerprint density at radius 3 is 2.34 bits per heavy atom. The average Bonchev–Trinajstić information content (AvgIpc) is 2.88. The van der Waals surface area contributed by atoms with Crippen molar-refractivity contribution in [2.24, 2.45) is 0 Å². The molecular weight excluding hydrogens is 406 g/mol. The van der Waals surface area contributed by atoms with E-state index in [9.17, 15) is 9.59 Å². The molecule has 0 saturated carbocycles. The van der Waals surface area contributed by atoms with E-state index in [1.54, 1.807) is 42.5 Å². The molecule has 1 fully saturated rings. The van der Waals surface area contributed by atoms with E-state index in [2.05, 4.69) is 4.90 Å². The fourth-order valence-corrected chi connectivity index (χ4v) is 3.84. The van der Waals surface area contributed by atoms with E-state index in [4.69, 9.17) is 9.47 Å². The zero-order chi connectivity index (χ0) is 22.3. The predicted molar refractivity (Wildman–Crippen MR) is 122 cm³/mol. The van der Waals surface area contributed by atoms with Gasteiger partial charge in [0.25, 0.3) is 5.91 Å². The number of hydrogen-bond acceptors (Lipinski definition) is 5. The van der Waals surface area contributed by atoms with Gasteiger partial charge >= 0.3 is 0 Å². The van der Waals surface area contributed by atoms with Crippen LogP contribution in [-0.4, -0.2) is 68.1 Å². The number of para-hydroxylation sites is 1. The molecule has 0 bridgehead atoms. The van der Waals surface area contributed by atoms with Gasteiger partial charge in [-0.1, -0.05) is 18.2 Å². The summed E-state index contributed by atoms with van der Waals surface area (Å²) in [5.74, 6) is 0.395. The number of rotatable bonds is 6. The number of carbonyl (C=O) groups is 2. The van der Waals surface area contributed by atoms with Crippen molar-refractivity contribution >= 4 is 17.5 Å². The molecule has 0 spiro atoms. The van der Waals surface area contributed by atoms with Crippen LogP contribution in [0.2, 0.25) is 0 Å². The average molecular weight is 434 g/mol. The second-order valence-electron chi connectivity index (χ2n) is 7.59. The van der Waals surface area contributed by atoms with Crippen molar-refractivity contribution in [2.45, 2.75) is 0 Å². The lowest BCUT2D eigenvalue weighted by Gasteiger charge is -2.37. The van der Waals surface area contributed by atoms with E-state index in [-0.39, 0.29) is 18.4 Å². The summed E-state index contributed by atoms with van der Waals surface area (Å²) in [5.41, 5.74) is 2.33. The van der Waals surface area contributed by atoms with Gasteiger partial charge in [0, 0.05) is 43.1 Å². The topological polar surface area (TPSA) is 62.3 Å². The molecule has 7 heteroatoms. The second kappa shape index (κ2) is 10.0. The van der Waals surface area contributed by atoms with Crippen LogP contribution in [0.5, 0.6) is 5.75 Å². The van der Waals surface area contributed by atoms with Gasteiger partial charge in [-0.15, -0.1) is 0 Å². The molecule has 0 aliphatic carbocycles. The number of piperazine rings is 1. The number of hydrogen-bond donors (Lipinski definition) is 0. The summed E-state index contributed by atoms with van der Waals surface area (Å²) < 4.78 is 10.4. The number of anilines is 1. The second-order valence-corrected chi connectivity index (χ2v) is 7.59. The first kappa shape index (κ1) is 21.5. The fourth-order valence-electron chi connectivity index (χ4n) is 3.84. The summed E-state index contributed by atoms with van der Waals surface area (Å²) in [7, 11) is 1.58. The highest BCUT2D eigenvalue weighted by Gasteiger charge is 2.26. The summed E-state index contributed by atoms with van der Waals surface area (Å²) in [4.78, 5) is 32.1. The van der Waals surface area contributed by atoms with Gasteiger partial charge in [-0.3, -0.25) is 14.5 Å². The molecule has 32 heavy (non-hydrogen) atoms. The number of allylic oxidation sites excluding steroid dienone is 1. The van der Waals surface area contributed by atoms with E-state index in [0.717, 1.165) is 18.8 Å². The van der Waals surface area contributed by atoms with Crippen molar-refractivity contribution in [3.8, 4) is 5.75 Å². The van der Waals surface area contributed by atoms with Crippen LogP contribution in [-0.2, 0) is 9.53 Å². The zero-order valence-corrected chi connectivity index (χ0v) is 18.1. The minimum absolute atomic E-state index is 0.00862. The van der Waals surface area contributed by atoms with Crippen molar-refractivity contribution in [2.75, 3.05) is 51.3 Å². The summed E-state index contributed by atoms with van der Waals surface area (Å²) in [6.45, 7) is 3.30. The summed E-state index contributed by atoms with van der Waals surface area (Å²) >= 11 is 0. The molecule has 7 nitrogen and oxygen atoms in total. The van der Waals surface area contributed by atoms with Gasteiger partial charge < -0.3 is 19.3 Å². The molecule has 2 aliphatic heterocycles. The summed E-state index contributed by atoms with van der Waals surface area (Å²) in [5, 5.41) is 0. The number of ether oxygens (including phenoxy) is 2. The molecule has 1 saturated heterocycles. The van der Waals surface area contributed by atoms with Crippen molar-refractivity contribution in [3.05, 3.63) is 84.3 Å². The van der Waals surface area contributed by atoms with Crippen LogP contribution in [0.15, 0.2) is 78.7 Å². The Kier molecular flexibility index (Phi) is 6.75. The first-order valence-electron chi connectivity index (χ1n) is 10.7. The SMILES string of the molecule is COc1ccc(C(=O)N(CC(=O)N2CCN(C3=CCOC=C3)CC2)c2ccccc2)cc1. The van der Waals surface area contributed by atoms with Crippen LogP contribution in [0.4, 0.5) is 5.69 Å². The third-order valence-electron chi connectivity index (χ3n) is 5.66. The van der Waals surface area contributed by atoms with Crippen LogP contribution < -0.4 is 9.64 Å². The molecule has 0 radical (unpaired) electrons. The normalized spacial score (nSPS) is 15.6. The zero-order valence-electron chi connectivity index (χ0n) is 18.1. The molecule has 4 rings (SSSR count). The largest absolute Gasteiger partial charge is 0.497 e. The van der Waals surface area contributed by atoms with Crippen molar-refractivity contribution in [1.29, 1.82) is 0 Å². The van der Waals surface area contributed by atoms with Gasteiger partial charge in [-0.25, -0.2) is 0 Å². The lowest BCUT2D eigenvalue weighted by molar-refractivity contribution is -0.131. The Labute approximate surface area is 188 Å². The maximum absolute atomic E-state index is 13.3. The van der Waals surface area contributed by atoms with Crippen LogP contribution in [0, 0.1) is 0 Å². The van der Waals surface area contributed by atoms with Crippen molar-refractivity contribution in [1.82, 2.24) is 9.80 Å². The molecule has 2 heterocycles. The van der Waals surface area contributed by atoms with Gasteiger partial charge in [0.05, 0.1) is 13.4 Å². The van der Waals surface area contributed by atoms with Crippen LogP contribution in [0.3, 0.4) is 0 Å². The minimum Gasteiger partial charge on any atom is -0.497 e. The van der Waals surface area contributed by atoms with E-state index >= 15 is 0 Å². The predicted octanol–water partition coefficient (Wildman–Crippen LogP) is 2.91. The van der Waals surface area contributed by atoms with E-state index < -0.39 is 0 Å². The number of benzene rings is 2. The molecule has 0 N–H and O–H groups in total. The Balaban J connectivity index is 1.45. The molecule has 0 aromatic heterocycles. The van der Waals surface area contributed by atoms with Crippen molar-refractivity contribution < 1.29 is 19.1 Å². The highest BCUT2D eigenvalue weighted by molar-refractivity contribution is 6.08. The smallest absolute Gasteiger partial charge is 0.258 e. The van der Waals surface area contributed by atoms with E-state index in [1.165, 1.54) is 0 Å². The molecule has 0 unspecified atom stereocenters. The molecule has 0 atom stereocenters. The third kappa shape index (κ3) is 4.94. The Bertz CT molecular complexity index is 994. The van der Waals surface area contributed by atoms with E-state index in [0.29, 0.717) is 36.7 Å². The molecule has 2 aliphatic rings. The molecular formula is C25H27N3O4. The number of nitrogens with zero attached hydrogens (tertiary/aromatic N) is 3. The summed E-state index contributed by atoms with van der Waals surface area (Å²) in [6, 6.07) is 16.2.